The van der Waals surface area contributed by atoms with E-state index < -0.39 is 17.6 Å². The van der Waals surface area contributed by atoms with Crippen LogP contribution in [0.15, 0.2) is 18.3 Å². The molecule has 0 unspecified atom stereocenters. The fourth-order valence-electron chi connectivity index (χ4n) is 1.34. The standard InChI is InChI=1S/C11H8F2N2O2/c1-2-17-11(16)9-5-14-8-4-6(12)3-7(13)10(8)15-9/h3-5H,2H2,1H3. The molecular weight excluding hydrogens is 230 g/mol. The number of ether oxygens (including phenoxy) is 1. The zero-order valence-electron chi connectivity index (χ0n) is 8.91. The number of rotatable bonds is 2. The molecule has 0 N–H and O–H groups in total. The normalized spacial score (nSPS) is 10.5. The highest BCUT2D eigenvalue weighted by Crippen LogP contribution is 2.16. The number of halogens is 2. The van der Waals surface area contributed by atoms with E-state index in [1.165, 1.54) is 0 Å². The third-order valence-electron chi connectivity index (χ3n) is 2.05. The predicted molar refractivity (Wildman–Crippen MR) is 55.4 cm³/mol. The van der Waals surface area contributed by atoms with Crippen molar-refractivity contribution in [1.29, 1.82) is 0 Å². The van der Waals surface area contributed by atoms with E-state index in [-0.39, 0.29) is 23.3 Å². The van der Waals surface area contributed by atoms with Gasteiger partial charge < -0.3 is 4.74 Å². The van der Waals surface area contributed by atoms with Gasteiger partial charge in [-0.05, 0) is 6.92 Å². The summed E-state index contributed by atoms with van der Waals surface area (Å²) in [5.41, 5.74) is -0.211. The number of hydrogen-bond donors (Lipinski definition) is 0. The Hall–Kier alpha value is -2.11. The summed E-state index contributed by atoms with van der Waals surface area (Å²) in [5.74, 6) is -2.29. The van der Waals surface area contributed by atoms with Crippen LogP contribution in [0.2, 0.25) is 0 Å². The minimum absolute atomic E-state index is 0.0514. The summed E-state index contributed by atoms with van der Waals surface area (Å²) >= 11 is 0. The van der Waals surface area contributed by atoms with Crippen LogP contribution in [-0.2, 0) is 4.74 Å². The zero-order valence-corrected chi connectivity index (χ0v) is 8.91. The minimum Gasteiger partial charge on any atom is -0.461 e. The van der Waals surface area contributed by atoms with E-state index in [2.05, 4.69) is 9.97 Å². The number of carbonyl (C=O) groups excluding carboxylic acids is 1. The zero-order chi connectivity index (χ0) is 12.4. The molecule has 0 aliphatic heterocycles. The van der Waals surface area contributed by atoms with E-state index in [9.17, 15) is 13.6 Å². The number of esters is 1. The number of carbonyl (C=O) groups is 1. The van der Waals surface area contributed by atoms with E-state index in [1.54, 1.807) is 6.92 Å². The van der Waals surface area contributed by atoms with Crippen LogP contribution in [0.25, 0.3) is 11.0 Å². The molecule has 17 heavy (non-hydrogen) atoms. The first-order valence-corrected chi connectivity index (χ1v) is 4.90. The fraction of sp³-hybridized carbons (Fsp3) is 0.182. The summed E-state index contributed by atoms with van der Waals surface area (Å²) < 4.78 is 31.0. The van der Waals surface area contributed by atoms with Gasteiger partial charge in [0.1, 0.15) is 11.3 Å². The third kappa shape index (κ3) is 2.20. The maximum absolute atomic E-state index is 13.4. The number of nitrogens with zero attached hydrogens (tertiary/aromatic N) is 2. The average molecular weight is 238 g/mol. The summed E-state index contributed by atoms with van der Waals surface area (Å²) in [5, 5.41) is 0. The average Bonchev–Trinajstić information content (AvgIpc) is 2.28. The van der Waals surface area contributed by atoms with Crippen LogP contribution < -0.4 is 0 Å². The molecule has 0 amide bonds. The molecule has 4 nitrogen and oxygen atoms in total. The Kier molecular flexibility index (Phi) is 2.95. The van der Waals surface area contributed by atoms with Crippen molar-refractivity contribution in [3.8, 4) is 0 Å². The van der Waals surface area contributed by atoms with E-state index in [0.717, 1.165) is 12.3 Å². The van der Waals surface area contributed by atoms with Gasteiger partial charge in [-0.15, -0.1) is 0 Å². The third-order valence-corrected chi connectivity index (χ3v) is 2.05. The van der Waals surface area contributed by atoms with E-state index in [1.807, 2.05) is 0 Å². The van der Waals surface area contributed by atoms with Gasteiger partial charge in [0.2, 0.25) is 0 Å². The lowest BCUT2D eigenvalue weighted by Gasteiger charge is -2.03. The van der Waals surface area contributed by atoms with E-state index >= 15 is 0 Å². The Bertz CT molecular complexity index is 587. The van der Waals surface area contributed by atoms with Crippen LogP contribution in [0, 0.1) is 11.6 Å². The van der Waals surface area contributed by atoms with Crippen LogP contribution in [-0.4, -0.2) is 22.5 Å². The van der Waals surface area contributed by atoms with Gasteiger partial charge in [0, 0.05) is 12.1 Å². The van der Waals surface area contributed by atoms with Gasteiger partial charge in [0.05, 0.1) is 18.3 Å². The molecule has 0 saturated heterocycles. The highest BCUT2D eigenvalue weighted by molar-refractivity contribution is 5.89. The molecule has 88 valence electrons. The second-order valence-corrected chi connectivity index (χ2v) is 3.23. The van der Waals surface area contributed by atoms with Gasteiger partial charge in [-0.25, -0.2) is 18.6 Å². The van der Waals surface area contributed by atoms with E-state index in [4.69, 9.17) is 4.74 Å². The predicted octanol–water partition coefficient (Wildman–Crippen LogP) is 2.08. The molecule has 0 saturated carbocycles. The largest absolute Gasteiger partial charge is 0.461 e. The molecule has 6 heteroatoms. The van der Waals surface area contributed by atoms with Crippen LogP contribution in [0.5, 0.6) is 0 Å². The Morgan fingerprint density at radius 1 is 1.41 bits per heavy atom. The van der Waals surface area contributed by atoms with Crippen molar-refractivity contribution in [2.75, 3.05) is 6.61 Å². The highest BCUT2D eigenvalue weighted by Gasteiger charge is 2.13. The SMILES string of the molecule is CCOC(=O)c1cnc2cc(F)cc(F)c2n1. The first kappa shape index (κ1) is 11.4. The van der Waals surface area contributed by atoms with Gasteiger partial charge in [-0.3, -0.25) is 4.98 Å². The van der Waals surface area contributed by atoms with Crippen molar-refractivity contribution >= 4 is 17.0 Å². The Morgan fingerprint density at radius 3 is 2.88 bits per heavy atom. The number of hydrogen-bond acceptors (Lipinski definition) is 4. The second-order valence-electron chi connectivity index (χ2n) is 3.23. The molecule has 2 rings (SSSR count). The molecule has 0 radical (unpaired) electrons. The fourth-order valence-corrected chi connectivity index (χ4v) is 1.34. The molecular formula is C11H8F2N2O2. The highest BCUT2D eigenvalue weighted by atomic mass is 19.1. The molecule has 0 aliphatic carbocycles. The lowest BCUT2D eigenvalue weighted by Crippen LogP contribution is -2.08. The molecule has 0 aliphatic rings. The van der Waals surface area contributed by atoms with Crippen molar-refractivity contribution in [1.82, 2.24) is 9.97 Å². The smallest absolute Gasteiger partial charge is 0.358 e. The van der Waals surface area contributed by atoms with Gasteiger partial charge >= 0.3 is 5.97 Å². The van der Waals surface area contributed by atoms with Crippen molar-refractivity contribution in [3.63, 3.8) is 0 Å². The van der Waals surface area contributed by atoms with Crippen LogP contribution in [0.1, 0.15) is 17.4 Å². The minimum atomic E-state index is -0.862. The molecule has 0 bridgehead atoms. The monoisotopic (exact) mass is 238 g/mol. The van der Waals surface area contributed by atoms with Gasteiger partial charge in [0.15, 0.2) is 11.5 Å². The Morgan fingerprint density at radius 2 is 2.18 bits per heavy atom. The number of fused-ring (bicyclic) bond motifs is 1. The van der Waals surface area contributed by atoms with Crippen LogP contribution >= 0.6 is 0 Å². The lowest BCUT2D eigenvalue weighted by atomic mass is 10.2. The Balaban J connectivity index is 2.54. The second kappa shape index (κ2) is 4.40. The topological polar surface area (TPSA) is 52.1 Å². The summed E-state index contributed by atoms with van der Waals surface area (Å²) in [7, 11) is 0. The van der Waals surface area contributed by atoms with E-state index in [0.29, 0.717) is 6.07 Å². The van der Waals surface area contributed by atoms with Crippen molar-refractivity contribution < 1.29 is 18.3 Å². The van der Waals surface area contributed by atoms with Crippen molar-refractivity contribution in [3.05, 3.63) is 35.7 Å². The first-order valence-electron chi connectivity index (χ1n) is 4.90. The molecule has 1 aromatic heterocycles. The number of benzene rings is 1. The van der Waals surface area contributed by atoms with Crippen molar-refractivity contribution in [2.45, 2.75) is 6.92 Å². The van der Waals surface area contributed by atoms with Gasteiger partial charge in [0.25, 0.3) is 0 Å². The molecule has 0 spiro atoms. The Labute approximate surface area is 95.3 Å². The van der Waals surface area contributed by atoms with Gasteiger partial charge in [-0.1, -0.05) is 0 Å². The lowest BCUT2D eigenvalue weighted by molar-refractivity contribution is 0.0519. The molecule has 1 heterocycles. The first-order chi connectivity index (χ1) is 8.11. The quantitative estimate of drug-likeness (QED) is 0.751. The molecule has 1 aromatic carbocycles. The summed E-state index contributed by atoms with van der Waals surface area (Å²) in [6.45, 7) is 1.83. The van der Waals surface area contributed by atoms with Crippen LogP contribution in [0.4, 0.5) is 8.78 Å². The van der Waals surface area contributed by atoms with Crippen LogP contribution in [0.3, 0.4) is 0 Å². The summed E-state index contributed by atoms with van der Waals surface area (Å²) in [6.07, 6.45) is 1.12. The molecule has 0 atom stereocenters. The molecule has 2 aromatic rings. The summed E-state index contributed by atoms with van der Waals surface area (Å²) in [4.78, 5) is 18.9. The van der Waals surface area contributed by atoms with Gasteiger partial charge in [-0.2, -0.15) is 0 Å². The summed E-state index contributed by atoms with van der Waals surface area (Å²) in [6, 6.07) is 1.73. The van der Waals surface area contributed by atoms with Crippen molar-refractivity contribution in [2.24, 2.45) is 0 Å². The number of aromatic nitrogens is 2. The molecule has 0 fully saturated rings. The maximum atomic E-state index is 13.4. The maximum Gasteiger partial charge on any atom is 0.358 e.